The van der Waals surface area contributed by atoms with Crippen molar-refractivity contribution in [2.75, 3.05) is 13.1 Å². The van der Waals surface area contributed by atoms with Gasteiger partial charge < -0.3 is 5.11 Å². The fourth-order valence-electron chi connectivity index (χ4n) is 2.06. The largest absolute Gasteiger partial charge is 0.480 e. The van der Waals surface area contributed by atoms with E-state index in [0.717, 1.165) is 19.5 Å². The molecule has 0 radical (unpaired) electrons. The second kappa shape index (κ2) is 6.86. The van der Waals surface area contributed by atoms with Crippen molar-refractivity contribution in [3.63, 3.8) is 0 Å². The van der Waals surface area contributed by atoms with Gasteiger partial charge in [0.2, 0.25) is 0 Å². The lowest BCUT2D eigenvalue weighted by Crippen LogP contribution is -2.51. The number of aliphatic carboxylic acids is 1. The quantitative estimate of drug-likeness (QED) is 0.754. The summed E-state index contributed by atoms with van der Waals surface area (Å²) in [5.41, 5.74) is 3.18. The lowest BCUT2D eigenvalue weighted by atomic mass is 10.00. The van der Waals surface area contributed by atoms with Crippen molar-refractivity contribution in [2.24, 2.45) is 5.92 Å². The summed E-state index contributed by atoms with van der Waals surface area (Å²) in [4.78, 5) is 11.2. The molecule has 0 aromatic heterocycles. The van der Waals surface area contributed by atoms with Gasteiger partial charge in [-0.1, -0.05) is 33.1 Å². The van der Waals surface area contributed by atoms with Gasteiger partial charge in [-0.3, -0.25) is 4.79 Å². The third-order valence-corrected chi connectivity index (χ3v) is 3.41. The van der Waals surface area contributed by atoms with E-state index in [-0.39, 0.29) is 5.92 Å². The predicted octanol–water partition coefficient (Wildman–Crippen LogP) is 1.87. The van der Waals surface area contributed by atoms with Crippen LogP contribution in [0.25, 0.3) is 0 Å². The summed E-state index contributed by atoms with van der Waals surface area (Å²) in [6.07, 6.45) is 5.75. The van der Waals surface area contributed by atoms with Crippen LogP contribution in [0, 0.1) is 5.92 Å². The molecular weight excluding hydrogens is 204 g/mol. The molecule has 0 aromatic carbocycles. The molecule has 4 heteroatoms. The Morgan fingerprint density at radius 3 is 2.31 bits per heavy atom. The van der Waals surface area contributed by atoms with E-state index in [0.29, 0.717) is 0 Å². The Bertz CT molecular complexity index is 213. The molecule has 0 saturated carbocycles. The SMILES string of the molecule is CC[C@H](C)[C@H](NN1CCCCCC1)C(=O)O. The van der Waals surface area contributed by atoms with Crippen LogP contribution in [0.4, 0.5) is 0 Å². The molecule has 1 fully saturated rings. The normalized spacial score (nSPS) is 22.4. The average molecular weight is 228 g/mol. The van der Waals surface area contributed by atoms with Gasteiger partial charge in [0, 0.05) is 13.1 Å². The van der Waals surface area contributed by atoms with Crippen LogP contribution >= 0.6 is 0 Å². The molecule has 1 heterocycles. The summed E-state index contributed by atoms with van der Waals surface area (Å²) in [7, 11) is 0. The molecule has 0 aliphatic carbocycles. The number of nitrogens with one attached hydrogen (secondary N) is 1. The molecule has 0 bridgehead atoms. The first-order chi connectivity index (χ1) is 7.65. The van der Waals surface area contributed by atoms with Crippen LogP contribution in [-0.2, 0) is 4.79 Å². The van der Waals surface area contributed by atoms with Crippen molar-refractivity contribution >= 4 is 5.97 Å². The molecule has 2 N–H and O–H groups in total. The zero-order chi connectivity index (χ0) is 12.0. The predicted molar refractivity (Wildman–Crippen MR) is 64.1 cm³/mol. The number of rotatable bonds is 5. The topological polar surface area (TPSA) is 52.6 Å². The monoisotopic (exact) mass is 228 g/mol. The summed E-state index contributed by atoms with van der Waals surface area (Å²) < 4.78 is 0. The van der Waals surface area contributed by atoms with Crippen LogP contribution in [0.15, 0.2) is 0 Å². The summed E-state index contributed by atoms with van der Waals surface area (Å²) >= 11 is 0. The van der Waals surface area contributed by atoms with E-state index < -0.39 is 12.0 Å². The van der Waals surface area contributed by atoms with Crippen molar-refractivity contribution in [3.05, 3.63) is 0 Å². The smallest absolute Gasteiger partial charge is 0.322 e. The Labute approximate surface area is 98.0 Å². The molecule has 94 valence electrons. The van der Waals surface area contributed by atoms with Crippen LogP contribution in [0.3, 0.4) is 0 Å². The van der Waals surface area contributed by atoms with E-state index in [9.17, 15) is 9.90 Å². The molecule has 16 heavy (non-hydrogen) atoms. The van der Waals surface area contributed by atoms with Gasteiger partial charge in [0.05, 0.1) is 0 Å². The Kier molecular flexibility index (Phi) is 5.77. The maximum absolute atomic E-state index is 11.2. The zero-order valence-electron chi connectivity index (χ0n) is 10.4. The van der Waals surface area contributed by atoms with Crippen molar-refractivity contribution < 1.29 is 9.90 Å². The number of carboxylic acids is 1. The first-order valence-electron chi connectivity index (χ1n) is 6.39. The molecule has 1 aliphatic rings. The van der Waals surface area contributed by atoms with Crippen LogP contribution in [0.1, 0.15) is 46.0 Å². The lowest BCUT2D eigenvalue weighted by molar-refractivity contribution is -0.142. The number of carbonyl (C=O) groups is 1. The molecule has 0 unspecified atom stereocenters. The van der Waals surface area contributed by atoms with E-state index in [1.54, 1.807) is 0 Å². The molecular formula is C12H24N2O2. The second-order valence-corrected chi connectivity index (χ2v) is 4.73. The van der Waals surface area contributed by atoms with Gasteiger partial charge in [0.25, 0.3) is 0 Å². The van der Waals surface area contributed by atoms with Gasteiger partial charge in [0.15, 0.2) is 0 Å². The number of carboxylic acid groups (broad SMARTS) is 1. The van der Waals surface area contributed by atoms with Gasteiger partial charge in [-0.15, -0.1) is 0 Å². The molecule has 2 atom stereocenters. The minimum Gasteiger partial charge on any atom is -0.480 e. The fraction of sp³-hybridized carbons (Fsp3) is 0.917. The Morgan fingerprint density at radius 2 is 1.88 bits per heavy atom. The number of nitrogens with zero attached hydrogens (tertiary/aromatic N) is 1. The van der Waals surface area contributed by atoms with Gasteiger partial charge in [0.1, 0.15) is 6.04 Å². The summed E-state index contributed by atoms with van der Waals surface area (Å²) in [6, 6.07) is -0.442. The molecule has 0 aromatic rings. The number of hydrogen-bond acceptors (Lipinski definition) is 3. The van der Waals surface area contributed by atoms with E-state index in [1.165, 1.54) is 25.7 Å². The van der Waals surface area contributed by atoms with Crippen molar-refractivity contribution in [2.45, 2.75) is 52.0 Å². The first kappa shape index (κ1) is 13.5. The highest BCUT2D eigenvalue weighted by molar-refractivity contribution is 5.73. The lowest BCUT2D eigenvalue weighted by Gasteiger charge is -2.28. The van der Waals surface area contributed by atoms with E-state index in [1.807, 2.05) is 13.8 Å². The highest BCUT2D eigenvalue weighted by atomic mass is 16.4. The molecule has 0 spiro atoms. The minimum absolute atomic E-state index is 0.167. The van der Waals surface area contributed by atoms with Gasteiger partial charge in [-0.25, -0.2) is 10.4 Å². The average Bonchev–Trinajstić information content (AvgIpc) is 2.52. The molecule has 1 aliphatic heterocycles. The third-order valence-electron chi connectivity index (χ3n) is 3.41. The molecule has 1 saturated heterocycles. The highest BCUT2D eigenvalue weighted by Gasteiger charge is 2.25. The minimum atomic E-state index is -0.737. The highest BCUT2D eigenvalue weighted by Crippen LogP contribution is 2.12. The summed E-state index contributed by atoms with van der Waals surface area (Å²) in [5, 5.41) is 11.3. The zero-order valence-corrected chi connectivity index (χ0v) is 10.4. The van der Waals surface area contributed by atoms with Gasteiger partial charge in [-0.2, -0.15) is 0 Å². The van der Waals surface area contributed by atoms with Gasteiger partial charge >= 0.3 is 5.97 Å². The Morgan fingerprint density at radius 1 is 1.31 bits per heavy atom. The van der Waals surface area contributed by atoms with E-state index in [2.05, 4.69) is 10.4 Å². The van der Waals surface area contributed by atoms with Crippen molar-refractivity contribution in [1.82, 2.24) is 10.4 Å². The van der Waals surface area contributed by atoms with E-state index >= 15 is 0 Å². The molecule has 0 amide bonds. The maximum atomic E-state index is 11.2. The Hall–Kier alpha value is -0.610. The molecule has 1 rings (SSSR count). The standard InChI is InChI=1S/C12H24N2O2/c1-3-10(2)11(12(15)16)13-14-8-6-4-5-7-9-14/h10-11,13H,3-9H2,1-2H3,(H,15,16)/t10-,11-/m0/s1. The fourth-order valence-corrected chi connectivity index (χ4v) is 2.06. The number of hydrogen-bond donors (Lipinski definition) is 2. The van der Waals surface area contributed by atoms with Crippen LogP contribution < -0.4 is 5.43 Å². The number of hydrazine groups is 1. The summed E-state index contributed by atoms with van der Waals surface area (Å²) in [5.74, 6) is -0.570. The third kappa shape index (κ3) is 4.10. The first-order valence-corrected chi connectivity index (χ1v) is 6.39. The maximum Gasteiger partial charge on any atom is 0.322 e. The second-order valence-electron chi connectivity index (χ2n) is 4.73. The van der Waals surface area contributed by atoms with Gasteiger partial charge in [-0.05, 0) is 18.8 Å². The summed E-state index contributed by atoms with van der Waals surface area (Å²) in [6.45, 7) is 5.97. The van der Waals surface area contributed by atoms with Crippen molar-refractivity contribution in [1.29, 1.82) is 0 Å². The van der Waals surface area contributed by atoms with Crippen LogP contribution in [-0.4, -0.2) is 35.2 Å². The van der Waals surface area contributed by atoms with Crippen LogP contribution in [0.2, 0.25) is 0 Å². The van der Waals surface area contributed by atoms with E-state index in [4.69, 9.17) is 0 Å². The molecule has 4 nitrogen and oxygen atoms in total. The van der Waals surface area contributed by atoms with Crippen molar-refractivity contribution in [3.8, 4) is 0 Å². The van der Waals surface area contributed by atoms with Crippen LogP contribution in [0.5, 0.6) is 0 Å². The Balaban J connectivity index is 2.49.